The summed E-state index contributed by atoms with van der Waals surface area (Å²) in [7, 11) is 1.57. The first kappa shape index (κ1) is 13.3. The third-order valence-corrected chi connectivity index (χ3v) is 3.10. The van der Waals surface area contributed by atoms with Gasteiger partial charge in [0.05, 0.1) is 12.7 Å². The number of nitrogens with two attached hydrogens (primary N) is 1. The van der Waals surface area contributed by atoms with Gasteiger partial charge in [-0.1, -0.05) is 36.4 Å². The van der Waals surface area contributed by atoms with Crippen LogP contribution in [0.2, 0.25) is 0 Å². The lowest BCUT2D eigenvalue weighted by Gasteiger charge is -2.09. The van der Waals surface area contributed by atoms with E-state index in [0.717, 1.165) is 11.1 Å². The number of carbonyl (C=O) groups excluding carboxylic acids is 1. The molecule has 2 N–H and O–H groups in total. The molecule has 0 aliphatic rings. The van der Waals surface area contributed by atoms with Crippen LogP contribution in [0.15, 0.2) is 48.5 Å². The van der Waals surface area contributed by atoms with Gasteiger partial charge in [-0.25, -0.2) is 0 Å². The minimum atomic E-state index is 0.0401. The lowest BCUT2D eigenvalue weighted by atomic mass is 9.98. The van der Waals surface area contributed by atoms with E-state index in [1.165, 1.54) is 0 Å². The maximum atomic E-state index is 12.3. The Morgan fingerprint density at radius 1 is 1.05 bits per heavy atom. The average Bonchev–Trinajstić information content (AvgIpc) is 2.47. The number of ether oxygens (including phenoxy) is 1. The second kappa shape index (κ2) is 6.16. The summed E-state index contributed by atoms with van der Waals surface area (Å²) in [6.45, 7) is 0.440. The molecule has 3 heteroatoms. The molecule has 0 aliphatic carbocycles. The Labute approximate surface area is 113 Å². The van der Waals surface area contributed by atoms with Crippen LogP contribution < -0.4 is 10.5 Å². The van der Waals surface area contributed by atoms with Crippen LogP contribution in [0.1, 0.15) is 21.5 Å². The van der Waals surface area contributed by atoms with Gasteiger partial charge in [0.1, 0.15) is 5.75 Å². The van der Waals surface area contributed by atoms with Gasteiger partial charge < -0.3 is 10.5 Å². The van der Waals surface area contributed by atoms with Gasteiger partial charge in [0, 0.05) is 13.0 Å². The van der Waals surface area contributed by atoms with E-state index in [-0.39, 0.29) is 5.78 Å². The van der Waals surface area contributed by atoms with E-state index in [9.17, 15) is 4.79 Å². The Balaban J connectivity index is 2.26. The fourth-order valence-electron chi connectivity index (χ4n) is 2.07. The fourth-order valence-corrected chi connectivity index (χ4v) is 2.07. The lowest BCUT2D eigenvalue weighted by Crippen LogP contribution is -2.09. The Hall–Kier alpha value is -2.13. The van der Waals surface area contributed by atoms with Crippen molar-refractivity contribution in [3.05, 3.63) is 65.2 Å². The third kappa shape index (κ3) is 3.01. The molecule has 0 unspecified atom stereocenters. The number of hydrogen-bond donors (Lipinski definition) is 1. The summed E-state index contributed by atoms with van der Waals surface area (Å²) in [5.74, 6) is 0.649. The summed E-state index contributed by atoms with van der Waals surface area (Å²) in [5, 5.41) is 0. The van der Waals surface area contributed by atoms with Crippen LogP contribution in [0.4, 0.5) is 0 Å². The molecule has 0 saturated heterocycles. The van der Waals surface area contributed by atoms with Crippen LogP contribution in [0.25, 0.3) is 0 Å². The normalized spacial score (nSPS) is 10.2. The Morgan fingerprint density at radius 3 is 2.37 bits per heavy atom. The molecule has 0 heterocycles. The molecule has 0 fully saturated rings. The van der Waals surface area contributed by atoms with Crippen LogP contribution in [0.3, 0.4) is 0 Å². The van der Waals surface area contributed by atoms with Gasteiger partial charge in [-0.3, -0.25) is 4.79 Å². The molecule has 2 rings (SSSR count). The molecule has 0 aromatic heterocycles. The Bertz CT molecular complexity index is 578. The number of para-hydroxylation sites is 1. The average molecular weight is 255 g/mol. The van der Waals surface area contributed by atoms with Gasteiger partial charge in [-0.15, -0.1) is 0 Å². The number of hydrogen-bond acceptors (Lipinski definition) is 3. The largest absolute Gasteiger partial charge is 0.496 e. The van der Waals surface area contributed by atoms with Crippen molar-refractivity contribution >= 4 is 5.78 Å². The summed E-state index contributed by atoms with van der Waals surface area (Å²) < 4.78 is 5.22. The molecule has 3 nitrogen and oxygen atoms in total. The lowest BCUT2D eigenvalue weighted by molar-refractivity contribution is 0.0990. The van der Waals surface area contributed by atoms with E-state index in [4.69, 9.17) is 10.5 Å². The fraction of sp³-hybridized carbons (Fsp3) is 0.188. The van der Waals surface area contributed by atoms with Crippen LogP contribution in [0, 0.1) is 0 Å². The van der Waals surface area contributed by atoms with Crippen molar-refractivity contribution in [2.45, 2.75) is 13.0 Å². The number of carbonyl (C=O) groups is 1. The molecule has 2 aromatic rings. The molecule has 0 bridgehead atoms. The maximum absolute atomic E-state index is 12.3. The van der Waals surface area contributed by atoms with Crippen molar-refractivity contribution in [1.82, 2.24) is 0 Å². The Morgan fingerprint density at radius 2 is 1.68 bits per heavy atom. The molecule has 0 atom stereocenters. The van der Waals surface area contributed by atoms with Gasteiger partial charge in [-0.2, -0.15) is 0 Å². The standard InChI is InChI=1S/C16H17NO2/c1-19-16-9-5-4-8-14(16)15(18)10-12-6-2-3-7-13(12)11-17/h2-9H,10-11,17H2,1H3. The summed E-state index contributed by atoms with van der Waals surface area (Å²) in [6.07, 6.45) is 0.341. The van der Waals surface area contributed by atoms with Crippen molar-refractivity contribution in [1.29, 1.82) is 0 Å². The summed E-state index contributed by atoms with van der Waals surface area (Å²) in [6, 6.07) is 15.0. The van der Waals surface area contributed by atoms with Crippen molar-refractivity contribution in [3.8, 4) is 5.75 Å². The molecule has 0 aliphatic heterocycles. The first-order valence-electron chi connectivity index (χ1n) is 6.19. The molecule has 0 radical (unpaired) electrons. The topological polar surface area (TPSA) is 52.3 Å². The molecular formula is C16H17NO2. The van der Waals surface area contributed by atoms with Gasteiger partial charge in [0.25, 0.3) is 0 Å². The van der Waals surface area contributed by atoms with E-state index < -0.39 is 0 Å². The zero-order chi connectivity index (χ0) is 13.7. The van der Waals surface area contributed by atoms with Crippen LogP contribution in [-0.2, 0) is 13.0 Å². The third-order valence-electron chi connectivity index (χ3n) is 3.10. The zero-order valence-corrected chi connectivity index (χ0v) is 10.9. The first-order chi connectivity index (χ1) is 9.26. The Kier molecular flexibility index (Phi) is 4.31. The van der Waals surface area contributed by atoms with E-state index >= 15 is 0 Å². The molecule has 19 heavy (non-hydrogen) atoms. The van der Waals surface area contributed by atoms with Gasteiger partial charge in [0.15, 0.2) is 5.78 Å². The molecule has 0 spiro atoms. The van der Waals surface area contributed by atoms with Crippen molar-refractivity contribution in [2.24, 2.45) is 5.73 Å². The highest BCUT2D eigenvalue weighted by atomic mass is 16.5. The SMILES string of the molecule is COc1ccccc1C(=O)Cc1ccccc1CN. The van der Waals surface area contributed by atoms with E-state index in [2.05, 4.69) is 0 Å². The second-order valence-corrected chi connectivity index (χ2v) is 4.27. The van der Waals surface area contributed by atoms with Crippen molar-refractivity contribution in [2.75, 3.05) is 7.11 Å². The molecular weight excluding hydrogens is 238 g/mol. The van der Waals surface area contributed by atoms with E-state index in [0.29, 0.717) is 24.3 Å². The summed E-state index contributed by atoms with van der Waals surface area (Å²) >= 11 is 0. The molecule has 98 valence electrons. The molecule has 0 saturated carbocycles. The quantitative estimate of drug-likeness (QED) is 0.835. The molecule has 2 aromatic carbocycles. The molecule has 0 amide bonds. The highest BCUT2D eigenvalue weighted by Crippen LogP contribution is 2.20. The number of rotatable bonds is 5. The van der Waals surface area contributed by atoms with Gasteiger partial charge in [0.2, 0.25) is 0 Å². The van der Waals surface area contributed by atoms with E-state index in [1.807, 2.05) is 36.4 Å². The summed E-state index contributed by atoms with van der Waals surface area (Å²) in [4.78, 5) is 12.3. The number of ketones is 1. The van der Waals surface area contributed by atoms with Crippen molar-refractivity contribution in [3.63, 3.8) is 0 Å². The van der Waals surface area contributed by atoms with Crippen LogP contribution in [0.5, 0.6) is 5.75 Å². The predicted molar refractivity (Wildman–Crippen MR) is 75.4 cm³/mol. The minimum Gasteiger partial charge on any atom is -0.496 e. The maximum Gasteiger partial charge on any atom is 0.170 e. The highest BCUT2D eigenvalue weighted by molar-refractivity contribution is 6.00. The second-order valence-electron chi connectivity index (χ2n) is 4.27. The monoisotopic (exact) mass is 255 g/mol. The van der Waals surface area contributed by atoms with Gasteiger partial charge >= 0.3 is 0 Å². The predicted octanol–water partition coefficient (Wildman–Crippen LogP) is 2.58. The van der Waals surface area contributed by atoms with Crippen LogP contribution >= 0.6 is 0 Å². The minimum absolute atomic E-state index is 0.0401. The van der Waals surface area contributed by atoms with Crippen molar-refractivity contribution < 1.29 is 9.53 Å². The number of benzene rings is 2. The number of methoxy groups -OCH3 is 1. The van der Waals surface area contributed by atoms with Crippen LogP contribution in [-0.4, -0.2) is 12.9 Å². The smallest absolute Gasteiger partial charge is 0.170 e. The van der Waals surface area contributed by atoms with Gasteiger partial charge in [-0.05, 0) is 23.3 Å². The van der Waals surface area contributed by atoms with E-state index in [1.54, 1.807) is 19.2 Å². The first-order valence-corrected chi connectivity index (χ1v) is 6.19. The highest BCUT2D eigenvalue weighted by Gasteiger charge is 2.13. The summed E-state index contributed by atoms with van der Waals surface area (Å²) in [5.41, 5.74) is 8.27. The zero-order valence-electron chi connectivity index (χ0n) is 10.9. The number of Topliss-reactive ketones (excluding diaryl/α,β-unsaturated/α-hetero) is 1.